The van der Waals surface area contributed by atoms with Gasteiger partial charge >= 0.3 is 0 Å². The van der Waals surface area contributed by atoms with Crippen molar-refractivity contribution in [3.8, 4) is 0 Å². The standard InChI is InChI=1S/C20H21NO3/c1-20(24-2,14-15-8-4-3-5-9-15)12-13-21-18(22)16-10-6-7-11-17(16)19(21)23/h3-11H,12-14H2,1-2H3. The van der Waals surface area contributed by atoms with Crippen LogP contribution in [0.1, 0.15) is 39.6 Å². The predicted octanol–water partition coefficient (Wildman–Crippen LogP) is 3.32. The number of hydrogen-bond acceptors (Lipinski definition) is 3. The van der Waals surface area contributed by atoms with E-state index in [4.69, 9.17) is 4.74 Å². The summed E-state index contributed by atoms with van der Waals surface area (Å²) in [6, 6.07) is 17.0. The summed E-state index contributed by atoms with van der Waals surface area (Å²) in [4.78, 5) is 26.2. The molecule has 0 saturated carbocycles. The lowest BCUT2D eigenvalue weighted by atomic mass is 9.92. The van der Waals surface area contributed by atoms with E-state index in [0.29, 0.717) is 24.1 Å². The van der Waals surface area contributed by atoms with Crippen molar-refractivity contribution in [1.29, 1.82) is 0 Å². The number of imide groups is 1. The number of hydrogen-bond donors (Lipinski definition) is 0. The van der Waals surface area contributed by atoms with E-state index in [1.807, 2.05) is 25.1 Å². The second kappa shape index (κ2) is 6.57. The maximum atomic E-state index is 12.4. The molecular weight excluding hydrogens is 302 g/mol. The molecule has 124 valence electrons. The van der Waals surface area contributed by atoms with E-state index in [1.165, 1.54) is 10.5 Å². The molecule has 4 nitrogen and oxygen atoms in total. The lowest BCUT2D eigenvalue weighted by Gasteiger charge is -2.30. The third kappa shape index (κ3) is 3.10. The van der Waals surface area contributed by atoms with Crippen LogP contribution in [0.2, 0.25) is 0 Å². The van der Waals surface area contributed by atoms with Crippen LogP contribution in [0, 0.1) is 0 Å². The minimum absolute atomic E-state index is 0.214. The molecule has 0 N–H and O–H groups in total. The minimum atomic E-state index is -0.434. The van der Waals surface area contributed by atoms with Gasteiger partial charge in [0.05, 0.1) is 16.7 Å². The van der Waals surface area contributed by atoms with Crippen LogP contribution < -0.4 is 0 Å². The number of nitrogens with zero attached hydrogens (tertiary/aromatic N) is 1. The van der Waals surface area contributed by atoms with Crippen LogP contribution in [-0.4, -0.2) is 36.0 Å². The van der Waals surface area contributed by atoms with E-state index >= 15 is 0 Å². The lowest BCUT2D eigenvalue weighted by Crippen LogP contribution is -2.38. The maximum absolute atomic E-state index is 12.4. The van der Waals surface area contributed by atoms with Gasteiger partial charge in [-0.05, 0) is 31.0 Å². The molecule has 0 saturated heterocycles. The van der Waals surface area contributed by atoms with Gasteiger partial charge in [0.1, 0.15) is 0 Å². The van der Waals surface area contributed by atoms with Crippen molar-refractivity contribution >= 4 is 11.8 Å². The Morgan fingerprint density at radius 2 is 1.46 bits per heavy atom. The number of amides is 2. The summed E-state index contributed by atoms with van der Waals surface area (Å²) in [6.07, 6.45) is 1.32. The predicted molar refractivity (Wildman–Crippen MR) is 92.0 cm³/mol. The van der Waals surface area contributed by atoms with Gasteiger partial charge in [-0.15, -0.1) is 0 Å². The summed E-state index contributed by atoms with van der Waals surface area (Å²) in [5, 5.41) is 0. The molecule has 2 aromatic rings. The first-order valence-corrected chi connectivity index (χ1v) is 8.08. The number of fused-ring (bicyclic) bond motifs is 1. The maximum Gasteiger partial charge on any atom is 0.261 e. The fraction of sp³-hybridized carbons (Fsp3) is 0.300. The van der Waals surface area contributed by atoms with Gasteiger partial charge in [0.25, 0.3) is 11.8 Å². The van der Waals surface area contributed by atoms with Crippen LogP contribution in [-0.2, 0) is 11.2 Å². The summed E-state index contributed by atoms with van der Waals surface area (Å²) in [5.74, 6) is -0.428. The van der Waals surface area contributed by atoms with Gasteiger partial charge in [-0.3, -0.25) is 14.5 Å². The van der Waals surface area contributed by atoms with E-state index in [2.05, 4.69) is 12.1 Å². The molecule has 0 aromatic heterocycles. The first-order chi connectivity index (χ1) is 11.5. The zero-order valence-electron chi connectivity index (χ0n) is 14.0. The van der Waals surface area contributed by atoms with Gasteiger partial charge in [-0.25, -0.2) is 0 Å². The summed E-state index contributed by atoms with van der Waals surface area (Å²) in [7, 11) is 1.67. The van der Waals surface area contributed by atoms with Crippen molar-refractivity contribution in [3.05, 3.63) is 71.3 Å². The SMILES string of the molecule is COC(C)(CCN1C(=O)c2ccccc2C1=O)Cc1ccccc1. The molecular formula is C20H21NO3. The highest BCUT2D eigenvalue weighted by Crippen LogP contribution is 2.26. The summed E-state index contributed by atoms with van der Waals surface area (Å²) in [6.45, 7) is 2.36. The van der Waals surface area contributed by atoms with Crippen molar-refractivity contribution in [2.24, 2.45) is 0 Å². The van der Waals surface area contributed by atoms with E-state index in [1.54, 1.807) is 31.4 Å². The first kappa shape index (κ1) is 16.4. The van der Waals surface area contributed by atoms with Crippen molar-refractivity contribution in [3.63, 3.8) is 0 Å². The third-order valence-corrected chi connectivity index (χ3v) is 4.66. The molecule has 1 aliphatic rings. The highest BCUT2D eigenvalue weighted by atomic mass is 16.5. The molecule has 24 heavy (non-hydrogen) atoms. The Morgan fingerprint density at radius 3 is 2.00 bits per heavy atom. The van der Waals surface area contributed by atoms with Gasteiger partial charge in [-0.1, -0.05) is 42.5 Å². The molecule has 4 heteroatoms. The number of rotatable bonds is 6. The molecule has 1 heterocycles. The largest absolute Gasteiger partial charge is 0.378 e. The number of carbonyl (C=O) groups is 2. The Hall–Kier alpha value is -2.46. The van der Waals surface area contributed by atoms with Crippen LogP contribution in [0.4, 0.5) is 0 Å². The Morgan fingerprint density at radius 1 is 0.917 bits per heavy atom. The van der Waals surface area contributed by atoms with E-state index < -0.39 is 5.60 Å². The molecule has 0 fully saturated rings. The van der Waals surface area contributed by atoms with Gasteiger partial charge in [-0.2, -0.15) is 0 Å². The highest BCUT2D eigenvalue weighted by molar-refractivity contribution is 6.21. The highest BCUT2D eigenvalue weighted by Gasteiger charge is 2.36. The minimum Gasteiger partial charge on any atom is -0.378 e. The van der Waals surface area contributed by atoms with E-state index in [9.17, 15) is 9.59 Å². The van der Waals surface area contributed by atoms with Gasteiger partial charge < -0.3 is 4.74 Å². The van der Waals surface area contributed by atoms with Crippen molar-refractivity contribution < 1.29 is 14.3 Å². The van der Waals surface area contributed by atoms with E-state index in [-0.39, 0.29) is 11.8 Å². The zero-order chi connectivity index (χ0) is 17.2. The Balaban J connectivity index is 1.70. The molecule has 2 amide bonds. The van der Waals surface area contributed by atoms with Crippen molar-refractivity contribution in [2.45, 2.75) is 25.4 Å². The molecule has 1 aliphatic heterocycles. The molecule has 3 rings (SSSR count). The van der Waals surface area contributed by atoms with Crippen LogP contribution in [0.15, 0.2) is 54.6 Å². The number of carbonyl (C=O) groups excluding carboxylic acids is 2. The van der Waals surface area contributed by atoms with Crippen LogP contribution in [0.25, 0.3) is 0 Å². The average molecular weight is 323 g/mol. The second-order valence-electron chi connectivity index (χ2n) is 6.37. The Labute approximate surface area is 142 Å². The molecule has 2 aromatic carbocycles. The number of methoxy groups -OCH3 is 1. The van der Waals surface area contributed by atoms with Crippen LogP contribution >= 0.6 is 0 Å². The number of ether oxygens (including phenoxy) is 1. The first-order valence-electron chi connectivity index (χ1n) is 8.08. The molecule has 0 bridgehead atoms. The normalized spacial score (nSPS) is 16.2. The van der Waals surface area contributed by atoms with Crippen LogP contribution in [0.3, 0.4) is 0 Å². The Kier molecular flexibility index (Phi) is 4.49. The fourth-order valence-electron chi connectivity index (χ4n) is 3.08. The smallest absolute Gasteiger partial charge is 0.261 e. The van der Waals surface area contributed by atoms with Gasteiger partial charge in [0.15, 0.2) is 0 Å². The quantitative estimate of drug-likeness (QED) is 0.766. The van der Waals surface area contributed by atoms with Crippen molar-refractivity contribution in [2.75, 3.05) is 13.7 Å². The molecule has 0 radical (unpaired) electrons. The zero-order valence-corrected chi connectivity index (χ0v) is 14.0. The molecule has 1 atom stereocenters. The summed E-state index contributed by atoms with van der Waals surface area (Å²) < 4.78 is 5.70. The van der Waals surface area contributed by atoms with Gasteiger partial charge in [0.2, 0.25) is 0 Å². The Bertz CT molecular complexity index is 721. The van der Waals surface area contributed by atoms with Gasteiger partial charge in [0, 0.05) is 20.1 Å². The van der Waals surface area contributed by atoms with E-state index in [0.717, 1.165) is 6.42 Å². The molecule has 1 unspecified atom stereocenters. The summed E-state index contributed by atoms with van der Waals surface area (Å²) in [5.41, 5.74) is 1.72. The molecule has 0 aliphatic carbocycles. The number of benzene rings is 2. The average Bonchev–Trinajstić information content (AvgIpc) is 2.85. The molecule has 0 spiro atoms. The topological polar surface area (TPSA) is 46.6 Å². The summed E-state index contributed by atoms with van der Waals surface area (Å²) >= 11 is 0. The fourth-order valence-corrected chi connectivity index (χ4v) is 3.08. The lowest BCUT2D eigenvalue weighted by molar-refractivity contribution is -0.00576. The monoisotopic (exact) mass is 323 g/mol. The third-order valence-electron chi connectivity index (χ3n) is 4.66. The second-order valence-corrected chi connectivity index (χ2v) is 6.37. The van der Waals surface area contributed by atoms with Crippen LogP contribution in [0.5, 0.6) is 0 Å². The van der Waals surface area contributed by atoms with Crippen molar-refractivity contribution in [1.82, 2.24) is 4.90 Å².